The standard InChI is InChI=1S/C15H20ClFN2/c1-19(9-10-2-5-14(16)15(17)6-10)13-7-11-3-4-12(8-13)18-11/h2,5-6,11-13,18H,3-4,7-9H2,1H3. The van der Waals surface area contributed by atoms with Gasteiger partial charge >= 0.3 is 0 Å². The van der Waals surface area contributed by atoms with Crippen LogP contribution in [0.1, 0.15) is 31.2 Å². The van der Waals surface area contributed by atoms with Gasteiger partial charge in [0.15, 0.2) is 0 Å². The first kappa shape index (κ1) is 13.3. The Morgan fingerprint density at radius 1 is 1.32 bits per heavy atom. The van der Waals surface area contributed by atoms with Crippen LogP contribution in [-0.4, -0.2) is 30.1 Å². The number of halogens is 2. The van der Waals surface area contributed by atoms with E-state index in [0.29, 0.717) is 18.1 Å². The highest BCUT2D eigenvalue weighted by Gasteiger charge is 2.34. The normalized spacial score (nSPS) is 30.0. The number of fused-ring (bicyclic) bond motifs is 2. The lowest BCUT2D eigenvalue weighted by molar-refractivity contribution is 0.166. The molecule has 2 atom stereocenters. The van der Waals surface area contributed by atoms with Crippen molar-refractivity contribution in [3.8, 4) is 0 Å². The number of benzene rings is 1. The first-order valence-electron chi connectivity index (χ1n) is 7.02. The maximum Gasteiger partial charge on any atom is 0.142 e. The largest absolute Gasteiger partial charge is 0.311 e. The van der Waals surface area contributed by atoms with Gasteiger partial charge in [0, 0.05) is 24.7 Å². The van der Waals surface area contributed by atoms with E-state index >= 15 is 0 Å². The molecule has 0 spiro atoms. The molecule has 2 fully saturated rings. The molecule has 2 aliphatic rings. The number of piperidine rings is 1. The van der Waals surface area contributed by atoms with E-state index in [-0.39, 0.29) is 10.8 Å². The van der Waals surface area contributed by atoms with Crippen molar-refractivity contribution in [2.24, 2.45) is 0 Å². The van der Waals surface area contributed by atoms with Crippen LogP contribution < -0.4 is 5.32 Å². The Bertz CT molecular complexity index is 453. The van der Waals surface area contributed by atoms with Gasteiger partial charge in [-0.05, 0) is 50.4 Å². The number of hydrogen-bond donors (Lipinski definition) is 1. The van der Waals surface area contributed by atoms with Crippen LogP contribution in [0.25, 0.3) is 0 Å². The van der Waals surface area contributed by atoms with E-state index in [0.717, 1.165) is 12.1 Å². The molecule has 1 N–H and O–H groups in total. The number of nitrogens with one attached hydrogen (secondary N) is 1. The summed E-state index contributed by atoms with van der Waals surface area (Å²) in [5.41, 5.74) is 0.996. The van der Waals surface area contributed by atoms with Gasteiger partial charge < -0.3 is 5.32 Å². The van der Waals surface area contributed by atoms with Gasteiger partial charge in [-0.25, -0.2) is 4.39 Å². The predicted octanol–water partition coefficient (Wildman–Crippen LogP) is 3.19. The second kappa shape index (κ2) is 5.39. The fourth-order valence-electron chi connectivity index (χ4n) is 3.44. The summed E-state index contributed by atoms with van der Waals surface area (Å²) in [6.45, 7) is 0.790. The predicted molar refractivity (Wildman–Crippen MR) is 75.8 cm³/mol. The zero-order valence-electron chi connectivity index (χ0n) is 11.2. The van der Waals surface area contributed by atoms with Crippen LogP contribution in [0, 0.1) is 5.82 Å². The zero-order valence-corrected chi connectivity index (χ0v) is 12.0. The Hall–Kier alpha value is -0.640. The average Bonchev–Trinajstić information content (AvgIpc) is 2.72. The van der Waals surface area contributed by atoms with Crippen molar-refractivity contribution in [1.29, 1.82) is 0 Å². The first-order chi connectivity index (χ1) is 9.11. The molecule has 0 aromatic heterocycles. The third-order valence-corrected chi connectivity index (χ3v) is 4.79. The molecule has 2 aliphatic heterocycles. The van der Waals surface area contributed by atoms with Crippen molar-refractivity contribution in [2.75, 3.05) is 7.05 Å². The molecule has 0 saturated carbocycles. The molecule has 0 radical (unpaired) electrons. The van der Waals surface area contributed by atoms with Crippen molar-refractivity contribution >= 4 is 11.6 Å². The fourth-order valence-corrected chi connectivity index (χ4v) is 3.56. The summed E-state index contributed by atoms with van der Waals surface area (Å²) in [5, 5.41) is 3.85. The van der Waals surface area contributed by atoms with Crippen LogP contribution in [-0.2, 0) is 6.54 Å². The lowest BCUT2D eigenvalue weighted by Gasteiger charge is -2.35. The second-order valence-corrected chi connectivity index (χ2v) is 6.33. The van der Waals surface area contributed by atoms with Crippen LogP contribution in [0.3, 0.4) is 0 Å². The van der Waals surface area contributed by atoms with Crippen molar-refractivity contribution in [1.82, 2.24) is 10.2 Å². The van der Waals surface area contributed by atoms with E-state index in [1.807, 2.05) is 6.07 Å². The maximum atomic E-state index is 13.4. The Morgan fingerprint density at radius 3 is 2.63 bits per heavy atom. The topological polar surface area (TPSA) is 15.3 Å². The number of rotatable bonds is 3. The molecule has 2 unspecified atom stereocenters. The highest BCUT2D eigenvalue weighted by Crippen LogP contribution is 2.30. The molecule has 104 valence electrons. The highest BCUT2D eigenvalue weighted by molar-refractivity contribution is 6.30. The molecule has 3 rings (SSSR count). The molecule has 2 nitrogen and oxygen atoms in total. The van der Waals surface area contributed by atoms with Gasteiger partial charge in [-0.1, -0.05) is 17.7 Å². The van der Waals surface area contributed by atoms with Gasteiger partial charge in [-0.3, -0.25) is 4.90 Å². The van der Waals surface area contributed by atoms with Gasteiger partial charge in [0.1, 0.15) is 5.82 Å². The Kier molecular flexibility index (Phi) is 3.79. The van der Waals surface area contributed by atoms with Crippen molar-refractivity contribution in [3.05, 3.63) is 34.6 Å². The summed E-state index contributed by atoms with van der Waals surface area (Å²) >= 11 is 5.72. The van der Waals surface area contributed by atoms with Gasteiger partial charge in [-0.2, -0.15) is 0 Å². The average molecular weight is 283 g/mol. The molecule has 1 aromatic rings. The third-order valence-electron chi connectivity index (χ3n) is 4.49. The molecule has 4 heteroatoms. The highest BCUT2D eigenvalue weighted by atomic mass is 35.5. The van der Waals surface area contributed by atoms with E-state index in [2.05, 4.69) is 17.3 Å². The third kappa shape index (κ3) is 2.93. The maximum absolute atomic E-state index is 13.4. The minimum atomic E-state index is -0.321. The van der Waals surface area contributed by atoms with E-state index < -0.39 is 0 Å². The van der Waals surface area contributed by atoms with Crippen molar-refractivity contribution in [3.63, 3.8) is 0 Å². The van der Waals surface area contributed by atoms with E-state index in [1.165, 1.54) is 25.7 Å². The quantitative estimate of drug-likeness (QED) is 0.916. The van der Waals surface area contributed by atoms with E-state index in [4.69, 9.17) is 11.6 Å². The lowest BCUT2D eigenvalue weighted by atomic mass is 9.98. The smallest absolute Gasteiger partial charge is 0.142 e. The SMILES string of the molecule is CN(Cc1ccc(Cl)c(F)c1)C1CC2CCC(C1)N2. The van der Waals surface area contributed by atoms with Crippen LogP contribution in [0.2, 0.25) is 5.02 Å². The first-order valence-corrected chi connectivity index (χ1v) is 7.40. The second-order valence-electron chi connectivity index (χ2n) is 5.93. The number of nitrogens with zero attached hydrogens (tertiary/aromatic N) is 1. The van der Waals surface area contributed by atoms with Gasteiger partial charge in [0.25, 0.3) is 0 Å². The Balaban J connectivity index is 1.64. The fraction of sp³-hybridized carbons (Fsp3) is 0.600. The van der Waals surface area contributed by atoms with Gasteiger partial charge in [0.05, 0.1) is 5.02 Å². The number of hydrogen-bond acceptors (Lipinski definition) is 2. The summed E-state index contributed by atoms with van der Waals surface area (Å²) in [4.78, 5) is 2.36. The monoisotopic (exact) mass is 282 g/mol. The van der Waals surface area contributed by atoms with Gasteiger partial charge in [0.2, 0.25) is 0 Å². The van der Waals surface area contributed by atoms with E-state index in [9.17, 15) is 4.39 Å². The molecular weight excluding hydrogens is 263 g/mol. The molecular formula is C15H20ClFN2. The van der Waals surface area contributed by atoms with Crippen LogP contribution in [0.4, 0.5) is 4.39 Å². The summed E-state index contributed by atoms with van der Waals surface area (Å²) in [6, 6.07) is 7.09. The zero-order chi connectivity index (χ0) is 13.4. The Morgan fingerprint density at radius 2 is 2.00 bits per heavy atom. The summed E-state index contributed by atoms with van der Waals surface area (Å²) in [5.74, 6) is -0.321. The van der Waals surface area contributed by atoms with Crippen LogP contribution in [0.15, 0.2) is 18.2 Å². The Labute approximate surface area is 118 Å². The molecule has 2 bridgehead atoms. The molecule has 19 heavy (non-hydrogen) atoms. The van der Waals surface area contributed by atoms with Crippen molar-refractivity contribution < 1.29 is 4.39 Å². The molecule has 2 saturated heterocycles. The summed E-state index contributed by atoms with van der Waals surface area (Å²) < 4.78 is 13.4. The van der Waals surface area contributed by atoms with Gasteiger partial charge in [-0.15, -0.1) is 0 Å². The van der Waals surface area contributed by atoms with Crippen LogP contribution >= 0.6 is 11.6 Å². The van der Waals surface area contributed by atoms with Crippen LogP contribution in [0.5, 0.6) is 0 Å². The van der Waals surface area contributed by atoms with E-state index in [1.54, 1.807) is 12.1 Å². The van der Waals surface area contributed by atoms with Crippen molar-refractivity contribution in [2.45, 2.75) is 50.4 Å². The molecule has 1 aromatic carbocycles. The summed E-state index contributed by atoms with van der Waals surface area (Å²) in [7, 11) is 2.14. The molecule has 0 amide bonds. The minimum absolute atomic E-state index is 0.200. The lowest BCUT2D eigenvalue weighted by Crippen LogP contribution is -2.46. The minimum Gasteiger partial charge on any atom is -0.311 e. The summed E-state index contributed by atoms with van der Waals surface area (Å²) in [6.07, 6.45) is 5.04. The molecule has 0 aliphatic carbocycles. The molecule has 2 heterocycles.